The third kappa shape index (κ3) is 2.89. The zero-order valence-electron chi connectivity index (χ0n) is 10.9. The molecule has 0 amide bonds. The third-order valence-electron chi connectivity index (χ3n) is 3.34. The van der Waals surface area contributed by atoms with Gasteiger partial charge >= 0.3 is 0 Å². The van der Waals surface area contributed by atoms with Crippen molar-refractivity contribution in [2.45, 2.75) is 12.5 Å². The summed E-state index contributed by atoms with van der Waals surface area (Å²) in [5, 5.41) is 0. The van der Waals surface area contributed by atoms with Gasteiger partial charge in [-0.3, -0.25) is 9.69 Å². The first-order chi connectivity index (χ1) is 8.74. The average Bonchev–Trinajstić information content (AvgIpc) is 2.86. The minimum Gasteiger partial charge on any atom is -0.496 e. The Bertz CT molecular complexity index is 419. The Hall–Kier alpha value is -1.39. The van der Waals surface area contributed by atoms with E-state index in [0.717, 1.165) is 19.5 Å². The van der Waals surface area contributed by atoms with Gasteiger partial charge in [-0.05, 0) is 18.6 Å². The molecule has 0 N–H and O–H groups in total. The molecule has 4 nitrogen and oxygen atoms in total. The molecule has 1 aliphatic rings. The van der Waals surface area contributed by atoms with Crippen molar-refractivity contribution in [1.82, 2.24) is 4.90 Å². The second-order valence-corrected chi connectivity index (χ2v) is 4.50. The molecule has 0 aliphatic carbocycles. The number of hydrogen-bond acceptors (Lipinski definition) is 4. The number of likely N-dealkylation sites (tertiary alicyclic amines) is 1. The SMILES string of the molecule is COc1ccccc1C(=O)CN1CCC(OC)C1. The smallest absolute Gasteiger partial charge is 0.180 e. The number of Topliss-reactive ketones (excluding diaryl/α,β-unsaturated/α-hetero) is 1. The number of carbonyl (C=O) groups is 1. The molecule has 0 bridgehead atoms. The molecule has 1 aromatic carbocycles. The predicted octanol–water partition coefficient (Wildman–Crippen LogP) is 1.60. The summed E-state index contributed by atoms with van der Waals surface area (Å²) >= 11 is 0. The van der Waals surface area contributed by atoms with Crippen LogP contribution >= 0.6 is 0 Å². The molecule has 1 aliphatic heterocycles. The summed E-state index contributed by atoms with van der Waals surface area (Å²) in [6, 6.07) is 7.35. The van der Waals surface area contributed by atoms with Gasteiger partial charge in [-0.2, -0.15) is 0 Å². The summed E-state index contributed by atoms with van der Waals surface area (Å²) < 4.78 is 10.5. The van der Waals surface area contributed by atoms with Gasteiger partial charge in [-0.15, -0.1) is 0 Å². The zero-order chi connectivity index (χ0) is 13.0. The van der Waals surface area contributed by atoms with Crippen LogP contribution in [0.2, 0.25) is 0 Å². The average molecular weight is 249 g/mol. The van der Waals surface area contributed by atoms with Crippen molar-refractivity contribution in [3.8, 4) is 5.75 Å². The highest BCUT2D eigenvalue weighted by atomic mass is 16.5. The maximum absolute atomic E-state index is 12.2. The van der Waals surface area contributed by atoms with E-state index in [1.807, 2.05) is 24.3 Å². The van der Waals surface area contributed by atoms with E-state index in [2.05, 4.69) is 4.90 Å². The maximum Gasteiger partial charge on any atom is 0.180 e. The van der Waals surface area contributed by atoms with E-state index >= 15 is 0 Å². The van der Waals surface area contributed by atoms with Crippen LogP contribution in [0.3, 0.4) is 0 Å². The van der Waals surface area contributed by atoms with Gasteiger partial charge in [-0.25, -0.2) is 0 Å². The van der Waals surface area contributed by atoms with E-state index in [0.29, 0.717) is 17.9 Å². The van der Waals surface area contributed by atoms with E-state index in [4.69, 9.17) is 9.47 Å². The minimum atomic E-state index is 0.101. The Morgan fingerprint density at radius 1 is 1.39 bits per heavy atom. The standard InChI is InChI=1S/C14H19NO3/c1-17-11-7-8-15(9-11)10-13(16)12-5-3-4-6-14(12)18-2/h3-6,11H,7-10H2,1-2H3. The normalized spacial score (nSPS) is 20.0. The molecule has 1 saturated heterocycles. The fourth-order valence-electron chi connectivity index (χ4n) is 2.30. The van der Waals surface area contributed by atoms with Crippen LogP contribution in [0.25, 0.3) is 0 Å². The summed E-state index contributed by atoms with van der Waals surface area (Å²) in [5.41, 5.74) is 0.654. The van der Waals surface area contributed by atoms with Gasteiger partial charge in [0, 0.05) is 20.2 Å². The Balaban J connectivity index is 2.00. The summed E-state index contributed by atoms with van der Waals surface area (Å²) in [4.78, 5) is 14.3. The molecule has 0 aromatic heterocycles. The van der Waals surface area contributed by atoms with Gasteiger partial charge in [-0.1, -0.05) is 12.1 Å². The Labute approximate surface area is 107 Å². The largest absolute Gasteiger partial charge is 0.496 e. The Kier molecular flexibility index (Phi) is 4.33. The lowest BCUT2D eigenvalue weighted by atomic mass is 10.1. The van der Waals surface area contributed by atoms with Crippen LogP contribution in [0.5, 0.6) is 5.75 Å². The highest BCUT2D eigenvalue weighted by molar-refractivity contribution is 6.00. The molecule has 0 spiro atoms. The molecule has 2 rings (SSSR count). The summed E-state index contributed by atoms with van der Waals surface area (Å²) in [6.45, 7) is 2.18. The lowest BCUT2D eigenvalue weighted by Crippen LogP contribution is -2.29. The number of benzene rings is 1. The monoisotopic (exact) mass is 249 g/mol. The zero-order valence-corrected chi connectivity index (χ0v) is 10.9. The second kappa shape index (κ2) is 5.98. The van der Waals surface area contributed by atoms with Crippen molar-refractivity contribution in [3.63, 3.8) is 0 Å². The molecule has 1 fully saturated rings. The van der Waals surface area contributed by atoms with Crippen molar-refractivity contribution in [2.75, 3.05) is 33.9 Å². The number of ketones is 1. The van der Waals surface area contributed by atoms with Crippen molar-refractivity contribution in [1.29, 1.82) is 0 Å². The van der Waals surface area contributed by atoms with Gasteiger partial charge in [0.1, 0.15) is 5.75 Å². The van der Waals surface area contributed by atoms with Crippen molar-refractivity contribution >= 4 is 5.78 Å². The van der Waals surface area contributed by atoms with Crippen LogP contribution in [0.1, 0.15) is 16.8 Å². The van der Waals surface area contributed by atoms with Crippen LogP contribution in [-0.4, -0.2) is 50.6 Å². The summed E-state index contributed by atoms with van der Waals surface area (Å²) in [6.07, 6.45) is 1.26. The number of methoxy groups -OCH3 is 2. The van der Waals surface area contributed by atoms with Crippen LogP contribution < -0.4 is 4.74 Å². The number of hydrogen-bond donors (Lipinski definition) is 0. The molecule has 18 heavy (non-hydrogen) atoms. The van der Waals surface area contributed by atoms with E-state index < -0.39 is 0 Å². The fraction of sp³-hybridized carbons (Fsp3) is 0.500. The molecule has 1 aromatic rings. The summed E-state index contributed by atoms with van der Waals surface area (Å²) in [7, 11) is 3.30. The van der Waals surface area contributed by atoms with Crippen molar-refractivity contribution in [3.05, 3.63) is 29.8 Å². The van der Waals surface area contributed by atoms with E-state index in [-0.39, 0.29) is 11.9 Å². The number of carbonyl (C=O) groups excluding carboxylic acids is 1. The fourth-order valence-corrected chi connectivity index (χ4v) is 2.30. The first-order valence-electron chi connectivity index (χ1n) is 6.16. The van der Waals surface area contributed by atoms with Crippen LogP contribution in [0, 0.1) is 0 Å². The lowest BCUT2D eigenvalue weighted by Gasteiger charge is -2.15. The number of ether oxygens (including phenoxy) is 2. The van der Waals surface area contributed by atoms with Crippen molar-refractivity contribution in [2.24, 2.45) is 0 Å². The molecular weight excluding hydrogens is 230 g/mol. The Morgan fingerprint density at radius 2 is 2.17 bits per heavy atom. The van der Waals surface area contributed by atoms with E-state index in [1.54, 1.807) is 14.2 Å². The predicted molar refractivity (Wildman–Crippen MR) is 69.2 cm³/mol. The second-order valence-electron chi connectivity index (χ2n) is 4.50. The molecule has 4 heteroatoms. The molecule has 0 saturated carbocycles. The lowest BCUT2D eigenvalue weighted by molar-refractivity contribution is 0.0896. The number of nitrogens with zero attached hydrogens (tertiary/aromatic N) is 1. The minimum absolute atomic E-state index is 0.101. The molecule has 0 radical (unpaired) electrons. The number of para-hydroxylation sites is 1. The molecular formula is C14H19NO3. The first kappa shape index (κ1) is 13.1. The third-order valence-corrected chi connectivity index (χ3v) is 3.34. The van der Waals surface area contributed by atoms with Crippen LogP contribution in [-0.2, 0) is 4.74 Å². The maximum atomic E-state index is 12.2. The highest BCUT2D eigenvalue weighted by Gasteiger charge is 2.24. The molecule has 98 valence electrons. The van der Waals surface area contributed by atoms with Gasteiger partial charge in [0.05, 0.1) is 25.3 Å². The van der Waals surface area contributed by atoms with Crippen molar-refractivity contribution < 1.29 is 14.3 Å². The Morgan fingerprint density at radius 3 is 2.83 bits per heavy atom. The van der Waals surface area contributed by atoms with Gasteiger partial charge in [0.2, 0.25) is 0 Å². The van der Waals surface area contributed by atoms with Gasteiger partial charge in [0.25, 0.3) is 0 Å². The van der Waals surface area contributed by atoms with E-state index in [9.17, 15) is 4.79 Å². The van der Waals surface area contributed by atoms with Crippen LogP contribution in [0.4, 0.5) is 0 Å². The summed E-state index contributed by atoms with van der Waals surface area (Å²) in [5.74, 6) is 0.745. The molecule has 1 heterocycles. The first-order valence-corrected chi connectivity index (χ1v) is 6.16. The van der Waals surface area contributed by atoms with E-state index in [1.165, 1.54) is 0 Å². The topological polar surface area (TPSA) is 38.8 Å². The number of rotatable bonds is 5. The molecule has 1 unspecified atom stereocenters. The van der Waals surface area contributed by atoms with Gasteiger partial charge in [0.15, 0.2) is 5.78 Å². The molecule has 1 atom stereocenters. The van der Waals surface area contributed by atoms with Crippen LogP contribution in [0.15, 0.2) is 24.3 Å². The highest BCUT2D eigenvalue weighted by Crippen LogP contribution is 2.19. The van der Waals surface area contributed by atoms with Gasteiger partial charge < -0.3 is 9.47 Å². The quantitative estimate of drug-likeness (QED) is 0.743.